The molecule has 0 aromatic heterocycles. The van der Waals surface area contributed by atoms with E-state index in [0.717, 1.165) is 21.0 Å². The Labute approximate surface area is 223 Å². The Hall–Kier alpha value is -4.23. The Morgan fingerprint density at radius 1 is 0.632 bits per heavy atom. The fraction of sp³-hybridized carbons (Fsp3) is 0.161. The molecule has 0 spiro atoms. The molecule has 38 heavy (non-hydrogen) atoms. The van der Waals surface area contributed by atoms with E-state index >= 15 is 0 Å². The third kappa shape index (κ3) is 5.53. The van der Waals surface area contributed by atoms with Gasteiger partial charge in [0.05, 0.1) is 16.1 Å². The molecule has 0 N–H and O–H groups in total. The molecule has 7 heteroatoms. The van der Waals surface area contributed by atoms with E-state index in [-0.39, 0.29) is 21.9 Å². The summed E-state index contributed by atoms with van der Waals surface area (Å²) in [5.41, 5.74) is 4.74. The molecule has 0 aliphatic carbocycles. The first-order valence-electron chi connectivity index (χ1n) is 12.1. The molecule has 194 valence electrons. The standard InChI is InChI=1S/C31H29NO5S/c1-20-6-10-25(11-7-20)30(33)32(38(35,36)29-23(4)18-22(3)19-24(29)5)27-14-16-28(17-15-27)37-31(34)26-12-8-21(2)9-13-26/h6-19H,1-5H3. The Kier molecular flexibility index (Phi) is 7.51. The molecular formula is C31H29NO5S. The maximum Gasteiger partial charge on any atom is 0.343 e. The highest BCUT2D eigenvalue weighted by atomic mass is 32.2. The lowest BCUT2D eigenvalue weighted by molar-refractivity contribution is 0.0734. The minimum absolute atomic E-state index is 0.0819. The third-order valence-electron chi connectivity index (χ3n) is 6.16. The van der Waals surface area contributed by atoms with Gasteiger partial charge in [-0.25, -0.2) is 13.2 Å². The maximum atomic E-state index is 14.1. The van der Waals surface area contributed by atoms with Gasteiger partial charge in [0, 0.05) is 5.56 Å². The van der Waals surface area contributed by atoms with Crippen LogP contribution in [0.1, 0.15) is 48.5 Å². The highest BCUT2D eigenvalue weighted by molar-refractivity contribution is 7.93. The van der Waals surface area contributed by atoms with E-state index in [1.807, 2.05) is 32.9 Å². The molecule has 0 atom stereocenters. The number of ether oxygens (including phenoxy) is 1. The van der Waals surface area contributed by atoms with Gasteiger partial charge in [-0.3, -0.25) is 4.79 Å². The summed E-state index contributed by atoms with van der Waals surface area (Å²) in [6, 6.07) is 23.1. The van der Waals surface area contributed by atoms with Crippen LogP contribution < -0.4 is 9.04 Å². The van der Waals surface area contributed by atoms with Crippen molar-refractivity contribution in [1.82, 2.24) is 0 Å². The Balaban J connectivity index is 1.75. The number of anilines is 1. The smallest absolute Gasteiger partial charge is 0.343 e. The summed E-state index contributed by atoms with van der Waals surface area (Å²) in [5.74, 6) is -1.00. The predicted octanol–water partition coefficient (Wildman–Crippen LogP) is 6.48. The summed E-state index contributed by atoms with van der Waals surface area (Å²) >= 11 is 0. The lowest BCUT2D eigenvalue weighted by Gasteiger charge is -2.25. The van der Waals surface area contributed by atoms with Crippen LogP contribution in [0.3, 0.4) is 0 Å². The number of hydrogen-bond acceptors (Lipinski definition) is 5. The number of esters is 1. The SMILES string of the molecule is Cc1ccc(C(=O)Oc2ccc(N(C(=O)c3ccc(C)cc3)S(=O)(=O)c3c(C)cc(C)cc3C)cc2)cc1. The number of rotatable bonds is 6. The summed E-state index contributed by atoms with van der Waals surface area (Å²) < 4.78 is 34.4. The van der Waals surface area contributed by atoms with Crippen molar-refractivity contribution >= 4 is 27.6 Å². The largest absolute Gasteiger partial charge is 0.423 e. The number of carbonyl (C=O) groups excluding carboxylic acids is 2. The number of nitrogens with zero attached hydrogens (tertiary/aromatic N) is 1. The molecule has 0 radical (unpaired) electrons. The van der Waals surface area contributed by atoms with Gasteiger partial charge in [0.1, 0.15) is 5.75 Å². The molecule has 4 rings (SSSR count). The molecule has 0 aliphatic heterocycles. The third-order valence-corrected chi connectivity index (χ3v) is 8.17. The lowest BCUT2D eigenvalue weighted by atomic mass is 10.1. The van der Waals surface area contributed by atoms with Crippen LogP contribution in [0.4, 0.5) is 5.69 Å². The molecule has 0 heterocycles. The van der Waals surface area contributed by atoms with Crippen molar-refractivity contribution in [2.75, 3.05) is 4.31 Å². The first-order chi connectivity index (χ1) is 18.0. The topological polar surface area (TPSA) is 80.8 Å². The highest BCUT2D eigenvalue weighted by Crippen LogP contribution is 2.32. The normalized spacial score (nSPS) is 11.2. The Morgan fingerprint density at radius 3 is 1.61 bits per heavy atom. The van der Waals surface area contributed by atoms with Crippen molar-refractivity contribution in [3.05, 3.63) is 124 Å². The second kappa shape index (κ2) is 10.6. The maximum absolute atomic E-state index is 14.1. The number of hydrogen-bond donors (Lipinski definition) is 0. The zero-order chi connectivity index (χ0) is 27.6. The van der Waals surface area contributed by atoms with Gasteiger partial charge >= 0.3 is 5.97 Å². The van der Waals surface area contributed by atoms with Crippen LogP contribution in [0.5, 0.6) is 5.75 Å². The highest BCUT2D eigenvalue weighted by Gasteiger charge is 2.34. The molecule has 1 amide bonds. The van der Waals surface area contributed by atoms with Gasteiger partial charge in [0.2, 0.25) is 0 Å². The van der Waals surface area contributed by atoms with Crippen LogP contribution in [0, 0.1) is 34.6 Å². The van der Waals surface area contributed by atoms with E-state index in [1.165, 1.54) is 24.3 Å². The zero-order valence-corrected chi connectivity index (χ0v) is 22.8. The molecular weight excluding hydrogens is 498 g/mol. The molecule has 4 aromatic rings. The molecule has 0 aliphatic rings. The van der Waals surface area contributed by atoms with Gasteiger partial charge in [-0.15, -0.1) is 0 Å². The van der Waals surface area contributed by atoms with Crippen molar-refractivity contribution in [1.29, 1.82) is 0 Å². The van der Waals surface area contributed by atoms with Crippen LogP contribution in [0.25, 0.3) is 0 Å². The van der Waals surface area contributed by atoms with Gasteiger partial charge in [-0.05, 0) is 94.3 Å². The second-order valence-electron chi connectivity index (χ2n) is 9.42. The Morgan fingerprint density at radius 2 is 1.11 bits per heavy atom. The van der Waals surface area contributed by atoms with Crippen molar-refractivity contribution in [2.45, 2.75) is 39.5 Å². The minimum atomic E-state index is -4.30. The zero-order valence-electron chi connectivity index (χ0n) is 22.0. The molecule has 0 saturated carbocycles. The van der Waals surface area contributed by atoms with E-state index in [4.69, 9.17) is 4.74 Å². The quantitative estimate of drug-likeness (QED) is 0.212. The van der Waals surface area contributed by atoms with Gasteiger partial charge in [0.25, 0.3) is 15.9 Å². The summed E-state index contributed by atoms with van der Waals surface area (Å²) in [6.07, 6.45) is 0. The number of carbonyl (C=O) groups is 2. The second-order valence-corrected chi connectivity index (χ2v) is 11.1. The monoisotopic (exact) mass is 527 g/mol. The molecule has 4 aromatic carbocycles. The fourth-order valence-electron chi connectivity index (χ4n) is 4.35. The van der Waals surface area contributed by atoms with Crippen molar-refractivity contribution in [3.63, 3.8) is 0 Å². The average molecular weight is 528 g/mol. The molecule has 0 unspecified atom stereocenters. The first kappa shape index (κ1) is 26.8. The van der Waals surface area contributed by atoms with Crippen LogP contribution >= 0.6 is 0 Å². The summed E-state index contributed by atoms with van der Waals surface area (Å²) in [6.45, 7) is 9.13. The van der Waals surface area contributed by atoms with E-state index in [1.54, 1.807) is 62.4 Å². The van der Waals surface area contributed by atoms with Crippen molar-refractivity contribution < 1.29 is 22.7 Å². The number of sulfonamides is 1. The lowest BCUT2D eigenvalue weighted by Crippen LogP contribution is -2.37. The minimum Gasteiger partial charge on any atom is -0.423 e. The molecule has 6 nitrogen and oxygen atoms in total. The van der Waals surface area contributed by atoms with Crippen LogP contribution in [-0.4, -0.2) is 20.3 Å². The first-order valence-corrected chi connectivity index (χ1v) is 13.5. The molecule has 0 saturated heterocycles. The average Bonchev–Trinajstić information content (AvgIpc) is 2.85. The van der Waals surface area contributed by atoms with E-state index in [9.17, 15) is 18.0 Å². The number of amides is 1. The summed E-state index contributed by atoms with van der Waals surface area (Å²) in [5, 5.41) is 0. The molecule has 0 bridgehead atoms. The van der Waals surface area contributed by atoms with Crippen molar-refractivity contribution in [3.8, 4) is 5.75 Å². The van der Waals surface area contributed by atoms with Gasteiger partial charge in [0.15, 0.2) is 0 Å². The van der Waals surface area contributed by atoms with Gasteiger partial charge in [-0.1, -0.05) is 53.1 Å². The molecule has 0 fully saturated rings. The predicted molar refractivity (Wildman–Crippen MR) is 148 cm³/mol. The van der Waals surface area contributed by atoms with Crippen LogP contribution in [0.2, 0.25) is 0 Å². The van der Waals surface area contributed by atoms with Gasteiger partial charge in [-0.2, -0.15) is 4.31 Å². The van der Waals surface area contributed by atoms with E-state index in [2.05, 4.69) is 0 Å². The van der Waals surface area contributed by atoms with Crippen LogP contribution in [-0.2, 0) is 10.0 Å². The summed E-state index contributed by atoms with van der Waals surface area (Å²) in [7, 11) is -4.30. The van der Waals surface area contributed by atoms with E-state index < -0.39 is 21.9 Å². The number of benzene rings is 4. The van der Waals surface area contributed by atoms with Crippen LogP contribution in [0.15, 0.2) is 89.8 Å². The van der Waals surface area contributed by atoms with Crippen molar-refractivity contribution in [2.24, 2.45) is 0 Å². The summed E-state index contributed by atoms with van der Waals surface area (Å²) in [4.78, 5) is 26.3. The van der Waals surface area contributed by atoms with Gasteiger partial charge < -0.3 is 4.74 Å². The fourth-order valence-corrected chi connectivity index (χ4v) is 6.19. The number of aryl methyl sites for hydroxylation is 5. The Bertz CT molecular complexity index is 1580. The van der Waals surface area contributed by atoms with E-state index in [0.29, 0.717) is 16.7 Å².